The van der Waals surface area contributed by atoms with Gasteiger partial charge in [0.1, 0.15) is 11.6 Å². The molecule has 5 nitrogen and oxygen atoms in total. The number of hydrogen-bond donors (Lipinski definition) is 1. The minimum Gasteiger partial charge on any atom is -0.495 e. The van der Waals surface area contributed by atoms with Gasteiger partial charge in [0.05, 0.1) is 12.8 Å². The van der Waals surface area contributed by atoms with Gasteiger partial charge in [-0.05, 0) is 43.2 Å². The molecule has 1 amide bonds. The largest absolute Gasteiger partial charge is 0.495 e. The minimum atomic E-state index is -0.225. The third-order valence-electron chi connectivity index (χ3n) is 3.73. The van der Waals surface area contributed by atoms with Crippen LogP contribution in [0.3, 0.4) is 0 Å². The molecule has 2 aromatic rings. The molecule has 0 saturated heterocycles. The van der Waals surface area contributed by atoms with Gasteiger partial charge in [0.25, 0.3) is 5.91 Å². The zero-order valence-corrected chi connectivity index (χ0v) is 15.6. The molecule has 0 aliphatic heterocycles. The normalized spacial score (nSPS) is 10.4. The fourth-order valence-corrected chi connectivity index (χ4v) is 2.76. The number of carbonyl (C=O) groups excluding carboxylic acids is 1. The third kappa shape index (κ3) is 5.10. The molecule has 0 saturated carbocycles. The summed E-state index contributed by atoms with van der Waals surface area (Å²) in [5.74, 6) is 1.15. The van der Waals surface area contributed by atoms with E-state index in [0.29, 0.717) is 22.0 Å². The topological polar surface area (TPSA) is 54.5 Å². The van der Waals surface area contributed by atoms with Crippen LogP contribution in [0.15, 0.2) is 36.5 Å². The number of rotatable bonds is 8. The van der Waals surface area contributed by atoms with Gasteiger partial charge in [-0.2, -0.15) is 0 Å². The predicted octanol–water partition coefficient (Wildman–Crippen LogP) is 4.62. The first-order valence-corrected chi connectivity index (χ1v) is 8.82. The highest BCUT2D eigenvalue weighted by Crippen LogP contribution is 2.28. The van der Waals surface area contributed by atoms with E-state index < -0.39 is 0 Å². The highest BCUT2D eigenvalue weighted by molar-refractivity contribution is 6.31. The summed E-state index contributed by atoms with van der Waals surface area (Å²) in [5.41, 5.74) is 1.08. The first-order valence-electron chi connectivity index (χ1n) is 8.44. The van der Waals surface area contributed by atoms with Gasteiger partial charge in [0.15, 0.2) is 0 Å². The first kappa shape index (κ1) is 19.1. The van der Waals surface area contributed by atoms with Crippen molar-refractivity contribution >= 4 is 29.0 Å². The van der Waals surface area contributed by atoms with E-state index in [4.69, 9.17) is 16.3 Å². The van der Waals surface area contributed by atoms with E-state index in [-0.39, 0.29) is 5.91 Å². The van der Waals surface area contributed by atoms with Crippen LogP contribution in [0.5, 0.6) is 5.75 Å². The van der Waals surface area contributed by atoms with Gasteiger partial charge < -0.3 is 15.0 Å². The first-order chi connectivity index (χ1) is 12.1. The third-order valence-corrected chi connectivity index (χ3v) is 3.96. The Morgan fingerprint density at radius 3 is 2.56 bits per heavy atom. The lowest BCUT2D eigenvalue weighted by Crippen LogP contribution is -2.26. The van der Waals surface area contributed by atoms with Crippen LogP contribution >= 0.6 is 11.6 Å². The van der Waals surface area contributed by atoms with Crippen LogP contribution in [-0.2, 0) is 0 Å². The maximum atomic E-state index is 12.6. The van der Waals surface area contributed by atoms with Gasteiger partial charge in [0.2, 0.25) is 0 Å². The van der Waals surface area contributed by atoms with E-state index >= 15 is 0 Å². The van der Waals surface area contributed by atoms with Crippen LogP contribution in [0.25, 0.3) is 0 Å². The molecule has 1 N–H and O–H groups in total. The van der Waals surface area contributed by atoms with Crippen molar-refractivity contribution in [3.8, 4) is 5.75 Å². The Balaban J connectivity index is 2.22. The molecule has 2 rings (SSSR count). The summed E-state index contributed by atoms with van der Waals surface area (Å²) in [7, 11) is 1.55. The zero-order valence-electron chi connectivity index (χ0n) is 14.9. The standard InChI is InChI=1S/C19H24ClN3O2/c1-4-10-23(11-5-2)18-12-14(8-9-21-18)19(24)22-16-13-15(20)6-7-17(16)25-3/h6-9,12-13H,4-5,10-11H2,1-3H3,(H,22,24). The van der Waals surface area contributed by atoms with Crippen molar-refractivity contribution in [2.45, 2.75) is 26.7 Å². The van der Waals surface area contributed by atoms with Crippen LogP contribution in [0, 0.1) is 0 Å². The SMILES string of the molecule is CCCN(CCC)c1cc(C(=O)Nc2cc(Cl)ccc2OC)ccn1. The molecule has 0 atom stereocenters. The molecular formula is C19H24ClN3O2. The number of benzene rings is 1. The van der Waals surface area contributed by atoms with Crippen molar-refractivity contribution in [2.75, 3.05) is 30.4 Å². The van der Waals surface area contributed by atoms with Crippen LogP contribution < -0.4 is 15.0 Å². The highest BCUT2D eigenvalue weighted by atomic mass is 35.5. The number of halogens is 1. The molecule has 1 aromatic heterocycles. The van der Waals surface area contributed by atoms with E-state index in [1.54, 1.807) is 37.6 Å². The summed E-state index contributed by atoms with van der Waals surface area (Å²) >= 11 is 6.02. The van der Waals surface area contributed by atoms with Crippen LogP contribution in [0.2, 0.25) is 5.02 Å². The fraction of sp³-hybridized carbons (Fsp3) is 0.368. The summed E-state index contributed by atoms with van der Waals surface area (Å²) in [6.07, 6.45) is 3.72. The Bertz CT molecular complexity index is 716. The lowest BCUT2D eigenvalue weighted by molar-refractivity contribution is 0.102. The van der Waals surface area contributed by atoms with E-state index in [2.05, 4.69) is 29.0 Å². The monoisotopic (exact) mass is 361 g/mol. The van der Waals surface area contributed by atoms with Crippen molar-refractivity contribution in [1.82, 2.24) is 4.98 Å². The Kier molecular flexibility index (Phi) is 7.07. The quantitative estimate of drug-likeness (QED) is 0.745. The number of hydrogen-bond acceptors (Lipinski definition) is 4. The fourth-order valence-electron chi connectivity index (χ4n) is 2.59. The second kappa shape index (κ2) is 9.28. The zero-order chi connectivity index (χ0) is 18.2. The lowest BCUT2D eigenvalue weighted by atomic mass is 10.2. The van der Waals surface area contributed by atoms with Gasteiger partial charge >= 0.3 is 0 Å². The minimum absolute atomic E-state index is 0.225. The van der Waals surface area contributed by atoms with Gasteiger partial charge in [-0.3, -0.25) is 4.79 Å². The summed E-state index contributed by atoms with van der Waals surface area (Å²) in [4.78, 5) is 19.2. The van der Waals surface area contributed by atoms with E-state index in [0.717, 1.165) is 31.7 Å². The molecule has 0 bridgehead atoms. The maximum Gasteiger partial charge on any atom is 0.255 e. The summed E-state index contributed by atoms with van der Waals surface area (Å²) in [6, 6.07) is 8.62. The average molecular weight is 362 g/mol. The molecule has 0 aliphatic rings. The van der Waals surface area contributed by atoms with Crippen molar-refractivity contribution < 1.29 is 9.53 Å². The molecule has 0 spiro atoms. The molecule has 0 unspecified atom stereocenters. The van der Waals surface area contributed by atoms with Crippen molar-refractivity contribution in [1.29, 1.82) is 0 Å². The Labute approximate surface area is 154 Å². The molecule has 0 radical (unpaired) electrons. The highest BCUT2D eigenvalue weighted by Gasteiger charge is 2.13. The molecule has 0 fully saturated rings. The van der Waals surface area contributed by atoms with E-state index in [1.165, 1.54) is 0 Å². The molecular weight excluding hydrogens is 338 g/mol. The van der Waals surface area contributed by atoms with Gasteiger partial charge in [-0.15, -0.1) is 0 Å². The van der Waals surface area contributed by atoms with Gasteiger partial charge in [0, 0.05) is 29.9 Å². The summed E-state index contributed by atoms with van der Waals surface area (Å²) in [6.45, 7) is 6.08. The van der Waals surface area contributed by atoms with E-state index in [1.807, 2.05) is 6.07 Å². The van der Waals surface area contributed by atoms with Crippen LogP contribution in [-0.4, -0.2) is 31.1 Å². The molecule has 134 valence electrons. The van der Waals surface area contributed by atoms with E-state index in [9.17, 15) is 4.79 Å². The number of amides is 1. The maximum absolute atomic E-state index is 12.6. The number of pyridine rings is 1. The number of aromatic nitrogens is 1. The summed E-state index contributed by atoms with van der Waals surface area (Å²) in [5, 5.41) is 3.39. The number of ether oxygens (including phenoxy) is 1. The smallest absolute Gasteiger partial charge is 0.255 e. The lowest BCUT2D eigenvalue weighted by Gasteiger charge is -2.22. The number of nitrogens with one attached hydrogen (secondary N) is 1. The van der Waals surface area contributed by atoms with Crippen LogP contribution in [0.4, 0.5) is 11.5 Å². The molecule has 1 aromatic carbocycles. The summed E-state index contributed by atoms with van der Waals surface area (Å²) < 4.78 is 5.27. The Hall–Kier alpha value is -2.27. The van der Waals surface area contributed by atoms with Gasteiger partial charge in [-0.1, -0.05) is 25.4 Å². The predicted molar refractivity (Wildman–Crippen MR) is 103 cm³/mol. The molecule has 0 aliphatic carbocycles. The number of methoxy groups -OCH3 is 1. The average Bonchev–Trinajstić information content (AvgIpc) is 2.62. The second-order valence-electron chi connectivity index (χ2n) is 5.69. The molecule has 6 heteroatoms. The molecule has 1 heterocycles. The van der Waals surface area contributed by atoms with Crippen molar-refractivity contribution in [3.05, 3.63) is 47.1 Å². The van der Waals surface area contributed by atoms with Gasteiger partial charge in [-0.25, -0.2) is 4.98 Å². The second-order valence-corrected chi connectivity index (χ2v) is 6.12. The molecule has 25 heavy (non-hydrogen) atoms. The Morgan fingerprint density at radius 2 is 1.92 bits per heavy atom. The number of carbonyl (C=O) groups is 1. The van der Waals surface area contributed by atoms with Crippen molar-refractivity contribution in [3.63, 3.8) is 0 Å². The van der Waals surface area contributed by atoms with Crippen LogP contribution in [0.1, 0.15) is 37.0 Å². The number of anilines is 2. The van der Waals surface area contributed by atoms with Crippen molar-refractivity contribution in [2.24, 2.45) is 0 Å². The Morgan fingerprint density at radius 1 is 1.20 bits per heavy atom. The number of nitrogens with zero attached hydrogens (tertiary/aromatic N) is 2.